The predicted octanol–water partition coefficient (Wildman–Crippen LogP) is 3.34. The predicted molar refractivity (Wildman–Crippen MR) is 109 cm³/mol. The van der Waals surface area contributed by atoms with Crippen LogP contribution in [-0.2, 0) is 10.3 Å². The molecule has 0 radical (unpaired) electrons. The second kappa shape index (κ2) is 6.65. The fraction of sp³-hybridized carbons (Fsp3) is 0.364. The van der Waals surface area contributed by atoms with Gasteiger partial charge < -0.3 is 20.3 Å². The molecule has 3 N–H and O–H groups in total. The van der Waals surface area contributed by atoms with Crippen LogP contribution in [0.3, 0.4) is 0 Å². The Bertz CT molecular complexity index is 1060. The topological polar surface area (TPSA) is 101 Å². The Morgan fingerprint density at radius 3 is 2.83 bits per heavy atom. The van der Waals surface area contributed by atoms with Crippen molar-refractivity contribution in [1.29, 1.82) is 5.26 Å². The number of amidine groups is 1. The molecule has 0 aromatic heterocycles. The zero-order valence-corrected chi connectivity index (χ0v) is 16.4. The Balaban J connectivity index is 1.66. The van der Waals surface area contributed by atoms with E-state index in [0.717, 1.165) is 28.9 Å². The Kier molecular flexibility index (Phi) is 4.19. The summed E-state index contributed by atoms with van der Waals surface area (Å²) in [4.78, 5) is 4.73. The van der Waals surface area contributed by atoms with Crippen LogP contribution in [0.15, 0.2) is 41.4 Å². The average Bonchev–Trinajstić information content (AvgIpc) is 3.10. The molecule has 0 saturated heterocycles. The van der Waals surface area contributed by atoms with Gasteiger partial charge in [0.15, 0.2) is 0 Å². The molecule has 0 amide bonds. The zero-order valence-electron chi connectivity index (χ0n) is 15.6. The minimum atomic E-state index is -0.684. The van der Waals surface area contributed by atoms with E-state index in [2.05, 4.69) is 6.07 Å². The molecule has 2 aromatic rings. The summed E-state index contributed by atoms with van der Waals surface area (Å²) in [6.45, 7) is 0.325. The third-order valence-corrected chi connectivity index (χ3v) is 6.43. The van der Waals surface area contributed by atoms with E-state index in [9.17, 15) is 10.4 Å². The van der Waals surface area contributed by atoms with Gasteiger partial charge in [-0.15, -0.1) is 0 Å². The number of nitrogens with zero attached hydrogens (tertiary/aromatic N) is 2. The van der Waals surface area contributed by atoms with E-state index in [1.807, 2.05) is 24.3 Å². The van der Waals surface area contributed by atoms with E-state index in [4.69, 9.17) is 31.8 Å². The van der Waals surface area contributed by atoms with Crippen molar-refractivity contribution in [2.24, 2.45) is 16.6 Å². The number of aliphatic hydroxyl groups excluding tert-OH is 1. The van der Waals surface area contributed by atoms with E-state index < -0.39 is 5.54 Å². The van der Waals surface area contributed by atoms with Gasteiger partial charge in [0.2, 0.25) is 0 Å². The lowest BCUT2D eigenvalue weighted by Gasteiger charge is -2.47. The minimum absolute atomic E-state index is 0.0240. The minimum Gasteiger partial charge on any atom is -0.490 e. The zero-order chi connectivity index (χ0) is 20.2. The number of nitrogens with two attached hydrogens (primary N) is 1. The van der Waals surface area contributed by atoms with Crippen LogP contribution in [0.2, 0.25) is 5.02 Å². The first-order valence-corrected chi connectivity index (χ1v) is 10.0. The molecule has 1 fully saturated rings. The van der Waals surface area contributed by atoms with Gasteiger partial charge >= 0.3 is 0 Å². The molecule has 1 saturated carbocycles. The van der Waals surface area contributed by atoms with Crippen molar-refractivity contribution in [3.05, 3.63) is 52.5 Å². The lowest BCUT2D eigenvalue weighted by atomic mass is 9.67. The Morgan fingerprint density at radius 1 is 1.21 bits per heavy atom. The standard InChI is InChI=1S/C22H20ClN3O3/c23-15-6-12(10-24)5-14(7-15)13-1-3-19-17(8-13)22(11-28-21(25)26-22)18-9-16(27)2-4-20(18)29-19/h1,3,5-8,16,18,20,27H,2,4,9,11H2,(H2,25,26)/t16-,18-,20-,22+/m0/s1. The van der Waals surface area contributed by atoms with Gasteiger partial charge in [0, 0.05) is 16.5 Å². The van der Waals surface area contributed by atoms with E-state index in [0.29, 0.717) is 30.0 Å². The molecule has 2 aromatic carbocycles. The van der Waals surface area contributed by atoms with E-state index in [1.165, 1.54) is 0 Å². The number of aliphatic imine (C=N–C) groups is 1. The van der Waals surface area contributed by atoms with Gasteiger partial charge in [-0.25, -0.2) is 4.99 Å². The van der Waals surface area contributed by atoms with Crippen molar-refractivity contribution < 1.29 is 14.6 Å². The van der Waals surface area contributed by atoms with Gasteiger partial charge in [-0.05, 0) is 60.7 Å². The van der Waals surface area contributed by atoms with Crippen LogP contribution in [-0.4, -0.2) is 29.9 Å². The molecule has 7 heteroatoms. The number of rotatable bonds is 1. The van der Waals surface area contributed by atoms with Crippen LogP contribution in [0, 0.1) is 17.2 Å². The molecule has 0 bridgehead atoms. The van der Waals surface area contributed by atoms with E-state index >= 15 is 0 Å². The van der Waals surface area contributed by atoms with Gasteiger partial charge in [0.1, 0.15) is 24.0 Å². The van der Waals surface area contributed by atoms with Crippen LogP contribution >= 0.6 is 11.6 Å². The maximum Gasteiger partial charge on any atom is 0.283 e. The third-order valence-electron chi connectivity index (χ3n) is 6.21. The van der Waals surface area contributed by atoms with Crippen molar-refractivity contribution in [2.45, 2.75) is 37.0 Å². The molecule has 6 nitrogen and oxygen atoms in total. The van der Waals surface area contributed by atoms with Gasteiger partial charge in [-0.2, -0.15) is 5.26 Å². The Morgan fingerprint density at radius 2 is 2.07 bits per heavy atom. The number of hydrogen-bond donors (Lipinski definition) is 2. The average molecular weight is 410 g/mol. The first kappa shape index (κ1) is 18.3. The normalized spacial score (nSPS) is 29.8. The first-order chi connectivity index (χ1) is 14.0. The summed E-state index contributed by atoms with van der Waals surface area (Å²) in [5, 5.41) is 20.1. The lowest BCUT2D eigenvalue weighted by molar-refractivity contribution is -0.0359. The summed E-state index contributed by atoms with van der Waals surface area (Å²) >= 11 is 6.21. The van der Waals surface area contributed by atoms with Crippen molar-refractivity contribution >= 4 is 17.6 Å². The van der Waals surface area contributed by atoms with Crippen molar-refractivity contribution in [1.82, 2.24) is 0 Å². The number of benzene rings is 2. The summed E-state index contributed by atoms with van der Waals surface area (Å²) in [5.41, 5.74) is 8.38. The lowest BCUT2D eigenvalue weighted by Crippen LogP contribution is -2.51. The molecular formula is C22H20ClN3O3. The molecule has 1 aliphatic carbocycles. The maximum absolute atomic E-state index is 10.3. The number of aliphatic hydroxyl groups is 1. The van der Waals surface area contributed by atoms with E-state index in [-0.39, 0.29) is 24.1 Å². The van der Waals surface area contributed by atoms with Crippen LogP contribution in [0.1, 0.15) is 30.4 Å². The highest BCUT2D eigenvalue weighted by Crippen LogP contribution is 2.53. The molecule has 0 unspecified atom stereocenters. The molecule has 4 atom stereocenters. The van der Waals surface area contributed by atoms with Crippen LogP contribution < -0.4 is 10.5 Å². The van der Waals surface area contributed by atoms with Crippen molar-refractivity contribution in [3.8, 4) is 22.9 Å². The number of nitriles is 1. The quantitative estimate of drug-likeness (QED) is 0.752. The molecule has 3 aliphatic rings. The SMILES string of the molecule is N#Cc1cc(Cl)cc(-c2ccc3c(c2)[C@]2(COC(N)=N2)[C@H]2C[C@@H](O)CC[C@@H]2O3)c1. The smallest absolute Gasteiger partial charge is 0.283 e. The maximum atomic E-state index is 10.3. The van der Waals surface area contributed by atoms with Crippen LogP contribution in [0.25, 0.3) is 11.1 Å². The summed E-state index contributed by atoms with van der Waals surface area (Å²) in [5.74, 6) is 0.736. The highest BCUT2D eigenvalue weighted by atomic mass is 35.5. The van der Waals surface area contributed by atoms with Gasteiger partial charge in [0.25, 0.3) is 6.02 Å². The highest BCUT2D eigenvalue weighted by molar-refractivity contribution is 6.31. The second-order valence-electron chi connectivity index (χ2n) is 7.94. The second-order valence-corrected chi connectivity index (χ2v) is 8.38. The molecule has 5 rings (SSSR count). The summed E-state index contributed by atoms with van der Waals surface area (Å²) in [6.07, 6.45) is 1.65. The highest BCUT2D eigenvalue weighted by Gasteiger charge is 2.55. The van der Waals surface area contributed by atoms with E-state index in [1.54, 1.807) is 12.1 Å². The first-order valence-electron chi connectivity index (χ1n) is 9.67. The van der Waals surface area contributed by atoms with Crippen LogP contribution in [0.4, 0.5) is 0 Å². The molecule has 1 spiro atoms. The molecule has 2 aliphatic heterocycles. The molecule has 29 heavy (non-hydrogen) atoms. The summed E-state index contributed by atoms with van der Waals surface area (Å²) in [6, 6.07) is 13.5. The fourth-order valence-corrected chi connectivity index (χ4v) is 5.11. The number of hydrogen-bond acceptors (Lipinski definition) is 6. The Hall–Kier alpha value is -2.75. The molecular weight excluding hydrogens is 390 g/mol. The largest absolute Gasteiger partial charge is 0.490 e. The van der Waals surface area contributed by atoms with Crippen LogP contribution in [0.5, 0.6) is 5.75 Å². The third kappa shape index (κ3) is 2.93. The Labute approximate surface area is 173 Å². The summed E-state index contributed by atoms with van der Waals surface area (Å²) in [7, 11) is 0. The number of halogens is 1. The molecule has 148 valence electrons. The van der Waals surface area contributed by atoms with Crippen molar-refractivity contribution in [3.63, 3.8) is 0 Å². The van der Waals surface area contributed by atoms with Crippen molar-refractivity contribution in [2.75, 3.05) is 6.61 Å². The number of ether oxygens (including phenoxy) is 2. The molecule has 2 heterocycles. The van der Waals surface area contributed by atoms with Gasteiger partial charge in [-0.1, -0.05) is 17.7 Å². The van der Waals surface area contributed by atoms with Gasteiger partial charge in [-0.3, -0.25) is 0 Å². The van der Waals surface area contributed by atoms with Gasteiger partial charge in [0.05, 0.1) is 17.7 Å². The number of fused-ring (bicyclic) bond motifs is 4. The summed E-state index contributed by atoms with van der Waals surface area (Å²) < 4.78 is 11.9. The monoisotopic (exact) mass is 409 g/mol. The fourth-order valence-electron chi connectivity index (χ4n) is 4.87.